The first-order valence-corrected chi connectivity index (χ1v) is 10.7. The molecule has 0 aromatic heterocycles. The molecule has 1 amide bonds. The molecular weight excluding hydrogens is 387 g/mol. The lowest BCUT2D eigenvalue weighted by Crippen LogP contribution is -2.49. The summed E-state index contributed by atoms with van der Waals surface area (Å²) in [5.74, 6) is 0.425. The van der Waals surface area contributed by atoms with Crippen molar-refractivity contribution in [3.63, 3.8) is 0 Å². The lowest BCUT2D eigenvalue weighted by Gasteiger charge is -2.31. The first-order chi connectivity index (χ1) is 11.8. The van der Waals surface area contributed by atoms with Gasteiger partial charge in [0, 0.05) is 30.6 Å². The van der Waals surface area contributed by atoms with E-state index in [9.17, 15) is 13.2 Å². The smallest absolute Gasteiger partial charge is 0.220 e. The molecule has 1 atom stereocenters. The van der Waals surface area contributed by atoms with Crippen molar-refractivity contribution >= 4 is 39.1 Å². The number of nitrogens with zero attached hydrogens (tertiary/aromatic N) is 1. The number of carbonyl (C=O) groups is 1. The molecule has 1 aromatic carbocycles. The molecule has 1 saturated heterocycles. The monoisotopic (exact) mass is 408 g/mol. The van der Waals surface area contributed by atoms with Gasteiger partial charge in [0.1, 0.15) is 5.75 Å². The minimum atomic E-state index is -3.21. The van der Waals surface area contributed by atoms with Crippen LogP contribution in [0.15, 0.2) is 18.2 Å². The lowest BCUT2D eigenvalue weighted by molar-refractivity contribution is -0.122. The highest BCUT2D eigenvalue weighted by molar-refractivity contribution is 7.88. The predicted molar refractivity (Wildman–Crippen MR) is 98.8 cm³/mol. The molecule has 0 spiro atoms. The zero-order chi connectivity index (χ0) is 18.4. The normalized spacial score (nSPS) is 18.8. The maximum atomic E-state index is 12.0. The number of nitrogens with one attached hydrogen (secondary N) is 1. The van der Waals surface area contributed by atoms with Gasteiger partial charge in [-0.1, -0.05) is 23.2 Å². The summed E-state index contributed by atoms with van der Waals surface area (Å²) in [6, 6.07) is 4.84. The molecule has 1 unspecified atom stereocenters. The van der Waals surface area contributed by atoms with E-state index >= 15 is 0 Å². The third-order valence-corrected chi connectivity index (χ3v) is 5.72. The molecule has 0 saturated carbocycles. The van der Waals surface area contributed by atoms with Crippen molar-refractivity contribution in [1.29, 1.82) is 0 Å². The van der Waals surface area contributed by atoms with Crippen LogP contribution >= 0.6 is 23.2 Å². The standard InChI is InChI=1S/C16H22Cl2N2O4S/c1-25(22,23)20-8-2-4-13(11-20)19-16(21)5-3-9-24-15-7-6-12(17)10-14(15)18/h6-7,10,13H,2-5,8-9,11H2,1H3,(H,19,21). The van der Waals surface area contributed by atoms with Crippen LogP contribution in [0.5, 0.6) is 5.75 Å². The molecule has 0 radical (unpaired) electrons. The Bertz CT molecular complexity index is 712. The van der Waals surface area contributed by atoms with Crippen molar-refractivity contribution in [3.05, 3.63) is 28.2 Å². The van der Waals surface area contributed by atoms with E-state index in [2.05, 4.69) is 5.32 Å². The zero-order valence-corrected chi connectivity index (χ0v) is 16.3. The Morgan fingerprint density at radius 2 is 2.16 bits per heavy atom. The number of benzene rings is 1. The average molecular weight is 409 g/mol. The first kappa shape index (κ1) is 20.3. The van der Waals surface area contributed by atoms with Gasteiger partial charge in [0.25, 0.3) is 0 Å². The highest BCUT2D eigenvalue weighted by Crippen LogP contribution is 2.27. The quantitative estimate of drug-likeness (QED) is 0.703. The summed E-state index contributed by atoms with van der Waals surface area (Å²) < 4.78 is 30.1. The summed E-state index contributed by atoms with van der Waals surface area (Å²) in [5.41, 5.74) is 0. The molecule has 9 heteroatoms. The first-order valence-electron chi connectivity index (χ1n) is 8.08. The van der Waals surface area contributed by atoms with Crippen LogP contribution in [0, 0.1) is 0 Å². The van der Waals surface area contributed by atoms with Gasteiger partial charge in [-0.3, -0.25) is 4.79 Å². The van der Waals surface area contributed by atoms with E-state index in [0.717, 1.165) is 12.8 Å². The molecule has 1 heterocycles. The predicted octanol–water partition coefficient (Wildman–Crippen LogP) is 2.69. The van der Waals surface area contributed by atoms with E-state index < -0.39 is 10.0 Å². The molecule has 140 valence electrons. The minimum Gasteiger partial charge on any atom is -0.492 e. The van der Waals surface area contributed by atoms with Crippen LogP contribution in [0.1, 0.15) is 25.7 Å². The van der Waals surface area contributed by atoms with Gasteiger partial charge in [-0.25, -0.2) is 12.7 Å². The fourth-order valence-electron chi connectivity index (χ4n) is 2.67. The summed E-state index contributed by atoms with van der Waals surface area (Å²) >= 11 is 11.8. The van der Waals surface area contributed by atoms with Gasteiger partial charge in [0.2, 0.25) is 15.9 Å². The van der Waals surface area contributed by atoms with E-state index in [0.29, 0.717) is 48.3 Å². The summed E-state index contributed by atoms with van der Waals surface area (Å²) in [6.07, 6.45) is 3.56. The van der Waals surface area contributed by atoms with Crippen LogP contribution in [-0.4, -0.2) is 50.6 Å². The van der Waals surface area contributed by atoms with Crippen LogP contribution in [0.25, 0.3) is 0 Å². The molecule has 0 aliphatic carbocycles. The average Bonchev–Trinajstić information content (AvgIpc) is 2.52. The Kier molecular flexibility index (Phi) is 7.37. The van der Waals surface area contributed by atoms with Gasteiger partial charge < -0.3 is 10.1 Å². The largest absolute Gasteiger partial charge is 0.492 e. The van der Waals surface area contributed by atoms with E-state index in [-0.39, 0.29) is 11.9 Å². The molecule has 1 aromatic rings. The molecule has 1 aliphatic rings. The number of halogens is 2. The molecule has 0 bridgehead atoms. The number of carbonyl (C=O) groups excluding carboxylic acids is 1. The number of ether oxygens (including phenoxy) is 1. The molecule has 25 heavy (non-hydrogen) atoms. The van der Waals surface area contributed by atoms with Crippen LogP contribution in [-0.2, 0) is 14.8 Å². The summed E-state index contributed by atoms with van der Waals surface area (Å²) in [7, 11) is -3.21. The Morgan fingerprint density at radius 1 is 1.40 bits per heavy atom. The second-order valence-electron chi connectivity index (χ2n) is 6.05. The van der Waals surface area contributed by atoms with E-state index in [1.54, 1.807) is 18.2 Å². The Morgan fingerprint density at radius 3 is 2.84 bits per heavy atom. The maximum absolute atomic E-state index is 12.0. The molecular formula is C16H22Cl2N2O4S. The summed E-state index contributed by atoms with van der Waals surface area (Å²) in [6.45, 7) is 1.21. The molecule has 1 aliphatic heterocycles. The van der Waals surface area contributed by atoms with Gasteiger partial charge in [0.15, 0.2) is 0 Å². The van der Waals surface area contributed by atoms with Crippen LogP contribution in [0.3, 0.4) is 0 Å². The number of hydrogen-bond acceptors (Lipinski definition) is 4. The van der Waals surface area contributed by atoms with Crippen molar-refractivity contribution < 1.29 is 17.9 Å². The van der Waals surface area contributed by atoms with Crippen LogP contribution in [0.4, 0.5) is 0 Å². The van der Waals surface area contributed by atoms with Crippen LogP contribution < -0.4 is 10.1 Å². The van der Waals surface area contributed by atoms with Crippen molar-refractivity contribution in [1.82, 2.24) is 9.62 Å². The summed E-state index contributed by atoms with van der Waals surface area (Å²) in [5, 5.41) is 3.86. The molecule has 2 rings (SSSR count). The Hall–Kier alpha value is -1.02. The van der Waals surface area contributed by atoms with Crippen molar-refractivity contribution in [2.45, 2.75) is 31.7 Å². The molecule has 1 N–H and O–H groups in total. The third-order valence-electron chi connectivity index (χ3n) is 3.92. The van der Waals surface area contributed by atoms with Gasteiger partial charge in [-0.05, 0) is 37.5 Å². The maximum Gasteiger partial charge on any atom is 0.220 e. The number of hydrogen-bond donors (Lipinski definition) is 1. The Balaban J connectivity index is 1.70. The van der Waals surface area contributed by atoms with Gasteiger partial charge >= 0.3 is 0 Å². The fraction of sp³-hybridized carbons (Fsp3) is 0.562. The van der Waals surface area contributed by atoms with Gasteiger partial charge in [-0.15, -0.1) is 0 Å². The molecule has 1 fully saturated rings. The lowest BCUT2D eigenvalue weighted by atomic mass is 10.1. The topological polar surface area (TPSA) is 75.7 Å². The van der Waals surface area contributed by atoms with Crippen molar-refractivity contribution in [2.24, 2.45) is 0 Å². The second-order valence-corrected chi connectivity index (χ2v) is 8.88. The van der Waals surface area contributed by atoms with Crippen LogP contribution in [0.2, 0.25) is 10.0 Å². The van der Waals surface area contributed by atoms with Gasteiger partial charge in [-0.2, -0.15) is 0 Å². The summed E-state index contributed by atoms with van der Waals surface area (Å²) in [4.78, 5) is 12.0. The van der Waals surface area contributed by atoms with E-state index in [1.807, 2.05) is 0 Å². The number of piperidine rings is 1. The van der Waals surface area contributed by atoms with Crippen molar-refractivity contribution in [2.75, 3.05) is 26.0 Å². The number of rotatable bonds is 7. The fourth-order valence-corrected chi connectivity index (χ4v) is 4.04. The zero-order valence-electron chi connectivity index (χ0n) is 14.0. The van der Waals surface area contributed by atoms with E-state index in [4.69, 9.17) is 27.9 Å². The third kappa shape index (κ3) is 6.66. The Labute approximate surface area is 158 Å². The SMILES string of the molecule is CS(=O)(=O)N1CCCC(NC(=O)CCCOc2ccc(Cl)cc2Cl)C1. The van der Waals surface area contributed by atoms with Crippen molar-refractivity contribution in [3.8, 4) is 5.75 Å². The number of sulfonamides is 1. The highest BCUT2D eigenvalue weighted by atomic mass is 35.5. The second kappa shape index (κ2) is 9.07. The van der Waals surface area contributed by atoms with Gasteiger partial charge in [0.05, 0.1) is 17.9 Å². The number of amides is 1. The highest BCUT2D eigenvalue weighted by Gasteiger charge is 2.26. The van der Waals surface area contributed by atoms with E-state index in [1.165, 1.54) is 10.6 Å². The molecule has 6 nitrogen and oxygen atoms in total. The minimum absolute atomic E-state index is 0.105.